The molecule has 1 heterocycles. The van der Waals surface area contributed by atoms with Gasteiger partial charge in [0.15, 0.2) is 0 Å². The number of rotatable bonds is 7. The van der Waals surface area contributed by atoms with E-state index in [4.69, 9.17) is 9.47 Å². The molecule has 0 spiro atoms. The average Bonchev–Trinajstić information content (AvgIpc) is 2.80. The molecular formula is C25H30F3N3O5. The Kier molecular flexibility index (Phi) is 8.31. The molecule has 1 aliphatic heterocycles. The third-order valence-electron chi connectivity index (χ3n) is 5.60. The van der Waals surface area contributed by atoms with Crippen LogP contribution in [0.4, 0.5) is 29.3 Å². The topological polar surface area (TPSA) is 93.9 Å². The highest BCUT2D eigenvalue weighted by molar-refractivity contribution is 5.73. The summed E-state index contributed by atoms with van der Waals surface area (Å²) in [5.74, 6) is -0.693. The number of hydrogen-bond donors (Lipinski definition) is 1. The van der Waals surface area contributed by atoms with Crippen molar-refractivity contribution < 1.29 is 32.4 Å². The van der Waals surface area contributed by atoms with Crippen molar-refractivity contribution in [3.05, 3.63) is 63.7 Å². The molecule has 1 fully saturated rings. The molecule has 2 aromatic carbocycles. The number of hydrogen-bond acceptors (Lipinski definition) is 6. The van der Waals surface area contributed by atoms with Crippen molar-refractivity contribution in [1.29, 1.82) is 0 Å². The number of benzene rings is 2. The van der Waals surface area contributed by atoms with Crippen molar-refractivity contribution >= 4 is 17.5 Å². The number of alkyl carbamates (subject to hydrolysis) is 1. The smallest absolute Gasteiger partial charge is 0.422 e. The quantitative estimate of drug-likeness (QED) is 0.367. The summed E-state index contributed by atoms with van der Waals surface area (Å²) in [6.07, 6.45) is -4.37. The van der Waals surface area contributed by atoms with Gasteiger partial charge in [0.25, 0.3) is 5.69 Å². The number of amides is 1. The van der Waals surface area contributed by atoms with Crippen molar-refractivity contribution in [2.24, 2.45) is 5.92 Å². The molecular weight excluding hydrogens is 479 g/mol. The van der Waals surface area contributed by atoms with E-state index in [2.05, 4.69) is 5.32 Å². The number of nitrogens with one attached hydrogen (secondary N) is 1. The Morgan fingerprint density at radius 2 is 1.86 bits per heavy atom. The highest BCUT2D eigenvalue weighted by Crippen LogP contribution is 2.48. The predicted octanol–water partition coefficient (Wildman–Crippen LogP) is 5.93. The number of piperidine rings is 1. The molecule has 0 aliphatic carbocycles. The maximum Gasteiger partial charge on any atom is 0.422 e. The lowest BCUT2D eigenvalue weighted by molar-refractivity contribution is -0.384. The van der Waals surface area contributed by atoms with E-state index in [9.17, 15) is 28.1 Å². The van der Waals surface area contributed by atoms with Gasteiger partial charge >= 0.3 is 12.3 Å². The Balaban J connectivity index is 1.89. The second-order valence-electron chi connectivity index (χ2n) is 9.67. The number of alkyl halides is 3. The lowest BCUT2D eigenvalue weighted by Crippen LogP contribution is -2.43. The van der Waals surface area contributed by atoms with Gasteiger partial charge < -0.3 is 19.7 Å². The molecule has 196 valence electrons. The first-order chi connectivity index (χ1) is 16.8. The third kappa shape index (κ3) is 7.25. The first-order valence-electron chi connectivity index (χ1n) is 11.6. The summed E-state index contributed by atoms with van der Waals surface area (Å²) >= 11 is 0. The highest BCUT2D eigenvalue weighted by atomic mass is 19.4. The van der Waals surface area contributed by atoms with Gasteiger partial charge in [0.05, 0.1) is 4.92 Å². The molecule has 1 saturated heterocycles. The summed E-state index contributed by atoms with van der Waals surface area (Å²) in [4.78, 5) is 24.3. The Morgan fingerprint density at radius 3 is 2.47 bits per heavy atom. The predicted molar refractivity (Wildman–Crippen MR) is 128 cm³/mol. The van der Waals surface area contributed by atoms with Gasteiger partial charge in [-0.25, -0.2) is 4.79 Å². The van der Waals surface area contributed by atoms with Crippen LogP contribution in [0.1, 0.15) is 44.7 Å². The number of ether oxygens (including phenoxy) is 2. The molecule has 1 amide bonds. The van der Waals surface area contributed by atoms with Crippen LogP contribution >= 0.6 is 0 Å². The second-order valence-corrected chi connectivity index (χ2v) is 9.67. The van der Waals surface area contributed by atoms with Gasteiger partial charge in [0.1, 0.15) is 29.2 Å². The molecule has 0 unspecified atom stereocenters. The summed E-state index contributed by atoms with van der Waals surface area (Å²) in [5.41, 5.74) is -2.36. The molecule has 3 rings (SSSR count). The lowest BCUT2D eigenvalue weighted by Gasteiger charge is -2.35. The van der Waals surface area contributed by atoms with Crippen molar-refractivity contribution in [2.45, 2.75) is 52.0 Å². The molecule has 1 atom stereocenters. The van der Waals surface area contributed by atoms with Crippen LogP contribution in [0.2, 0.25) is 0 Å². The van der Waals surface area contributed by atoms with E-state index >= 15 is 0 Å². The zero-order chi connectivity index (χ0) is 26.5. The fourth-order valence-corrected chi connectivity index (χ4v) is 4.14. The largest absolute Gasteiger partial charge is 0.488 e. The van der Waals surface area contributed by atoms with E-state index in [-0.39, 0.29) is 32.2 Å². The standard InChI is InChI=1S/C25H30F3N3O5/c1-24(2,3)36-23(32)29-14-18-10-7-13-30(15-18)22-19(31(33)34)11-12-20(21(22)25(26,27)28)35-16-17-8-5-4-6-9-17/h4-6,8-9,11-12,18H,7,10,13-16H2,1-3H3,(H,29,32)/t18-/m0/s1. The number of carbonyl (C=O) groups is 1. The number of nitrogens with zero attached hydrogens (tertiary/aromatic N) is 2. The molecule has 2 aromatic rings. The minimum absolute atomic E-state index is 0.0991. The Bertz CT molecular complexity index is 1070. The van der Waals surface area contributed by atoms with Gasteiger partial charge in [-0.1, -0.05) is 30.3 Å². The van der Waals surface area contributed by atoms with Crippen LogP contribution in [0.3, 0.4) is 0 Å². The average molecular weight is 510 g/mol. The van der Waals surface area contributed by atoms with Crippen LogP contribution in [-0.2, 0) is 17.5 Å². The second kappa shape index (κ2) is 11.0. The number of halogens is 3. The highest BCUT2D eigenvalue weighted by Gasteiger charge is 2.43. The summed E-state index contributed by atoms with van der Waals surface area (Å²) in [5, 5.41) is 14.4. The van der Waals surface area contributed by atoms with Gasteiger partial charge in [0.2, 0.25) is 0 Å². The normalized spacial score (nSPS) is 16.4. The molecule has 0 bridgehead atoms. The van der Waals surface area contributed by atoms with Crippen molar-refractivity contribution in [2.75, 3.05) is 24.5 Å². The van der Waals surface area contributed by atoms with Gasteiger partial charge in [-0.05, 0) is 51.2 Å². The molecule has 36 heavy (non-hydrogen) atoms. The van der Waals surface area contributed by atoms with E-state index < -0.39 is 45.5 Å². The number of anilines is 1. The molecule has 11 heteroatoms. The summed E-state index contributed by atoms with van der Waals surface area (Å²) in [6.45, 7) is 5.52. The Labute approximate surface area is 207 Å². The maximum absolute atomic E-state index is 14.3. The van der Waals surface area contributed by atoms with Crippen molar-refractivity contribution in [3.63, 3.8) is 0 Å². The number of nitro groups is 1. The van der Waals surface area contributed by atoms with Crippen LogP contribution in [0.5, 0.6) is 5.75 Å². The summed E-state index contributed by atoms with van der Waals surface area (Å²) < 4.78 is 53.8. The Morgan fingerprint density at radius 1 is 1.17 bits per heavy atom. The zero-order valence-corrected chi connectivity index (χ0v) is 20.4. The minimum atomic E-state index is -4.89. The third-order valence-corrected chi connectivity index (χ3v) is 5.60. The van der Waals surface area contributed by atoms with Gasteiger partial charge in [-0.2, -0.15) is 13.2 Å². The minimum Gasteiger partial charge on any atom is -0.488 e. The van der Waals surface area contributed by atoms with Gasteiger partial charge in [0, 0.05) is 25.7 Å². The first kappa shape index (κ1) is 27.1. The van der Waals surface area contributed by atoms with E-state index in [0.29, 0.717) is 18.4 Å². The number of nitro benzene ring substituents is 1. The van der Waals surface area contributed by atoms with Crippen LogP contribution in [0.15, 0.2) is 42.5 Å². The molecule has 0 aromatic heterocycles. The fraction of sp³-hybridized carbons (Fsp3) is 0.480. The van der Waals surface area contributed by atoms with E-state index in [1.54, 1.807) is 51.1 Å². The molecule has 1 N–H and O–H groups in total. The molecule has 0 radical (unpaired) electrons. The van der Waals surface area contributed by atoms with Crippen LogP contribution in [0, 0.1) is 16.0 Å². The van der Waals surface area contributed by atoms with E-state index in [0.717, 1.165) is 12.1 Å². The van der Waals surface area contributed by atoms with Crippen molar-refractivity contribution in [3.8, 4) is 5.75 Å². The molecule has 8 nitrogen and oxygen atoms in total. The van der Waals surface area contributed by atoms with Crippen LogP contribution in [0.25, 0.3) is 0 Å². The summed E-state index contributed by atoms with van der Waals surface area (Å²) in [6, 6.07) is 10.7. The van der Waals surface area contributed by atoms with Crippen LogP contribution < -0.4 is 15.0 Å². The lowest BCUT2D eigenvalue weighted by atomic mass is 9.96. The maximum atomic E-state index is 14.3. The van der Waals surface area contributed by atoms with Gasteiger partial charge in [-0.15, -0.1) is 0 Å². The molecule has 0 saturated carbocycles. The monoisotopic (exact) mass is 509 g/mol. The zero-order valence-electron chi connectivity index (χ0n) is 20.4. The molecule has 1 aliphatic rings. The summed E-state index contributed by atoms with van der Waals surface area (Å²) in [7, 11) is 0. The number of carbonyl (C=O) groups excluding carboxylic acids is 1. The Hall–Kier alpha value is -3.50. The van der Waals surface area contributed by atoms with Crippen LogP contribution in [-0.4, -0.2) is 36.3 Å². The van der Waals surface area contributed by atoms with E-state index in [1.165, 1.54) is 4.90 Å². The SMILES string of the molecule is CC(C)(C)OC(=O)NC[C@@H]1CCCN(c2c([N+](=O)[O-])ccc(OCc3ccccc3)c2C(F)(F)F)C1. The fourth-order valence-electron chi connectivity index (χ4n) is 4.14. The van der Waals surface area contributed by atoms with Gasteiger partial charge in [-0.3, -0.25) is 10.1 Å². The first-order valence-corrected chi connectivity index (χ1v) is 11.6. The van der Waals surface area contributed by atoms with Crippen molar-refractivity contribution in [1.82, 2.24) is 5.32 Å². The van der Waals surface area contributed by atoms with E-state index in [1.807, 2.05) is 0 Å².